The zero-order valence-electron chi connectivity index (χ0n) is 15.6. The van der Waals surface area contributed by atoms with Gasteiger partial charge in [-0.25, -0.2) is 4.68 Å². The Morgan fingerprint density at radius 1 is 1.04 bits per heavy atom. The van der Waals surface area contributed by atoms with Gasteiger partial charge in [-0.3, -0.25) is 0 Å². The molecule has 0 amide bonds. The quantitative estimate of drug-likeness (QED) is 0.682. The molecule has 0 unspecified atom stereocenters. The summed E-state index contributed by atoms with van der Waals surface area (Å²) in [4.78, 5) is 3.11. The van der Waals surface area contributed by atoms with E-state index >= 15 is 0 Å². The smallest absolute Gasteiger partial charge is 0.214 e. The molecule has 1 aromatic carbocycles. The first-order valence-corrected chi connectivity index (χ1v) is 9.95. The number of hydrogen-bond acceptors (Lipinski definition) is 4. The molecule has 0 radical (unpaired) electrons. The molecule has 0 bridgehead atoms. The molecule has 1 aromatic heterocycles. The maximum absolute atomic E-state index is 9.72. The van der Waals surface area contributed by atoms with E-state index in [9.17, 15) is 5.11 Å². The Morgan fingerprint density at radius 3 is 2.42 bits per heavy atom. The van der Waals surface area contributed by atoms with Crippen molar-refractivity contribution in [2.75, 3.05) is 33.2 Å². The lowest BCUT2D eigenvalue weighted by Crippen LogP contribution is -3.27. The standard InChI is InChI=1S/C19H28N6O/c1-23-11-13-24(14-12-23)18(15-7-9-17(26)10-8-15)19-20-21-22-25(19)16-5-3-2-4-6-16/h7-10,16,18,26H,2-6,11-14H2,1H3/p+2/t18-/m1/s1. The molecule has 1 aliphatic carbocycles. The van der Waals surface area contributed by atoms with Gasteiger partial charge in [-0.15, -0.1) is 5.10 Å². The second-order valence-corrected chi connectivity index (χ2v) is 7.91. The van der Waals surface area contributed by atoms with Crippen molar-refractivity contribution < 1.29 is 14.9 Å². The van der Waals surface area contributed by atoms with Crippen molar-refractivity contribution in [1.82, 2.24) is 20.2 Å². The predicted molar refractivity (Wildman–Crippen MR) is 97.2 cm³/mol. The van der Waals surface area contributed by atoms with Crippen LogP contribution in [0.15, 0.2) is 24.3 Å². The van der Waals surface area contributed by atoms with Gasteiger partial charge in [0.25, 0.3) is 0 Å². The molecule has 2 fully saturated rings. The summed E-state index contributed by atoms with van der Waals surface area (Å²) in [5.74, 6) is 1.29. The molecular weight excluding hydrogens is 328 g/mol. The molecule has 1 saturated heterocycles. The monoisotopic (exact) mass is 358 g/mol. The van der Waals surface area contributed by atoms with Crippen molar-refractivity contribution >= 4 is 0 Å². The number of aromatic nitrogens is 4. The van der Waals surface area contributed by atoms with Crippen LogP contribution < -0.4 is 9.80 Å². The Balaban J connectivity index is 1.69. The van der Waals surface area contributed by atoms with Crippen LogP contribution in [0.2, 0.25) is 0 Å². The minimum atomic E-state index is 0.126. The number of piperazine rings is 1. The number of likely N-dealkylation sites (N-methyl/N-ethyl adjacent to an activating group) is 1. The van der Waals surface area contributed by atoms with Crippen molar-refractivity contribution in [2.24, 2.45) is 0 Å². The third-order valence-corrected chi connectivity index (χ3v) is 6.08. The van der Waals surface area contributed by atoms with Crippen LogP contribution in [0.4, 0.5) is 0 Å². The number of hydrogen-bond donors (Lipinski definition) is 3. The summed E-state index contributed by atoms with van der Waals surface area (Å²) >= 11 is 0. The molecule has 7 nitrogen and oxygen atoms in total. The summed E-state index contributed by atoms with van der Waals surface area (Å²) in [7, 11) is 2.26. The molecule has 1 atom stereocenters. The topological polar surface area (TPSA) is 72.7 Å². The van der Waals surface area contributed by atoms with Gasteiger partial charge in [0, 0.05) is 5.56 Å². The SMILES string of the molecule is C[NH+]1CC[NH+]([C@H](c2ccc(O)cc2)c2nnnn2C2CCCCC2)CC1. The Bertz CT molecular complexity index is 701. The number of tetrazole rings is 1. The minimum Gasteiger partial charge on any atom is -0.508 e. The first-order valence-electron chi connectivity index (χ1n) is 9.95. The second kappa shape index (κ2) is 7.72. The van der Waals surface area contributed by atoms with Crippen LogP contribution in [-0.2, 0) is 0 Å². The molecule has 140 valence electrons. The zero-order valence-corrected chi connectivity index (χ0v) is 15.6. The van der Waals surface area contributed by atoms with Crippen LogP contribution in [0.1, 0.15) is 55.6 Å². The maximum atomic E-state index is 9.72. The van der Waals surface area contributed by atoms with E-state index in [1.54, 1.807) is 17.0 Å². The van der Waals surface area contributed by atoms with E-state index < -0.39 is 0 Å². The number of nitrogens with one attached hydrogen (secondary N) is 2. The van der Waals surface area contributed by atoms with E-state index in [0.717, 1.165) is 32.0 Å². The van der Waals surface area contributed by atoms with Gasteiger partial charge in [-0.1, -0.05) is 19.3 Å². The summed E-state index contributed by atoms with van der Waals surface area (Å²) < 4.78 is 2.11. The van der Waals surface area contributed by atoms with Crippen molar-refractivity contribution in [1.29, 1.82) is 0 Å². The fourth-order valence-corrected chi connectivity index (χ4v) is 4.50. The number of phenols is 1. The second-order valence-electron chi connectivity index (χ2n) is 7.91. The highest BCUT2D eigenvalue weighted by Gasteiger charge is 2.36. The van der Waals surface area contributed by atoms with Crippen LogP contribution in [0.25, 0.3) is 0 Å². The van der Waals surface area contributed by atoms with E-state index in [2.05, 4.69) is 27.3 Å². The van der Waals surface area contributed by atoms with Crippen LogP contribution in [0, 0.1) is 0 Å². The Labute approximate surface area is 154 Å². The summed E-state index contributed by atoms with van der Waals surface area (Å²) in [5, 5.41) is 22.7. The molecule has 26 heavy (non-hydrogen) atoms. The first kappa shape index (κ1) is 17.4. The Kier molecular flexibility index (Phi) is 5.17. The van der Waals surface area contributed by atoms with Crippen LogP contribution in [0.5, 0.6) is 5.75 Å². The van der Waals surface area contributed by atoms with Gasteiger partial charge in [0.05, 0.1) is 13.1 Å². The van der Waals surface area contributed by atoms with Gasteiger partial charge < -0.3 is 14.9 Å². The number of phenolic OH excluding ortho intramolecular Hbond substituents is 1. The van der Waals surface area contributed by atoms with Gasteiger partial charge in [0.2, 0.25) is 5.82 Å². The molecule has 7 heteroatoms. The highest BCUT2D eigenvalue weighted by Crippen LogP contribution is 2.30. The fraction of sp³-hybridized carbons (Fsp3) is 0.632. The largest absolute Gasteiger partial charge is 0.508 e. The van der Waals surface area contributed by atoms with Gasteiger partial charge in [0.15, 0.2) is 6.04 Å². The van der Waals surface area contributed by atoms with E-state index in [-0.39, 0.29) is 6.04 Å². The van der Waals surface area contributed by atoms with Crippen molar-refractivity contribution in [3.8, 4) is 5.75 Å². The summed E-state index contributed by atoms with van der Waals surface area (Å²) in [6, 6.07) is 8.15. The van der Waals surface area contributed by atoms with E-state index in [1.165, 1.54) is 42.6 Å². The average molecular weight is 358 g/mol. The summed E-state index contributed by atoms with van der Waals surface area (Å²) in [5.41, 5.74) is 1.18. The fourth-order valence-electron chi connectivity index (χ4n) is 4.50. The molecule has 1 saturated carbocycles. The molecule has 2 aliphatic rings. The van der Waals surface area contributed by atoms with Gasteiger partial charge in [0.1, 0.15) is 31.9 Å². The third kappa shape index (κ3) is 3.59. The highest BCUT2D eigenvalue weighted by molar-refractivity contribution is 5.29. The Hall–Kier alpha value is -1.99. The lowest BCUT2D eigenvalue weighted by Gasteiger charge is -2.33. The molecule has 4 rings (SSSR count). The summed E-state index contributed by atoms with van der Waals surface area (Å²) in [6.45, 7) is 4.54. The van der Waals surface area contributed by atoms with E-state index in [0.29, 0.717) is 11.8 Å². The van der Waals surface area contributed by atoms with E-state index in [1.807, 2.05) is 12.1 Å². The van der Waals surface area contributed by atoms with Crippen molar-refractivity contribution in [3.63, 3.8) is 0 Å². The van der Waals surface area contributed by atoms with Crippen molar-refractivity contribution in [3.05, 3.63) is 35.7 Å². The third-order valence-electron chi connectivity index (χ3n) is 6.08. The molecule has 2 aromatic rings. The molecular formula is C19H30N6O+2. The maximum Gasteiger partial charge on any atom is 0.214 e. The van der Waals surface area contributed by atoms with E-state index in [4.69, 9.17) is 0 Å². The van der Waals surface area contributed by atoms with Gasteiger partial charge in [-0.05, 0) is 47.5 Å². The molecule has 3 N–H and O–H groups in total. The normalized spacial score (nSPS) is 25.9. The highest BCUT2D eigenvalue weighted by atomic mass is 16.3. The number of quaternary nitrogens is 2. The van der Waals surface area contributed by atoms with Crippen molar-refractivity contribution in [2.45, 2.75) is 44.2 Å². The number of nitrogens with zero attached hydrogens (tertiary/aromatic N) is 4. The lowest BCUT2D eigenvalue weighted by molar-refractivity contribution is -1.02. The first-order chi connectivity index (χ1) is 12.7. The molecule has 0 spiro atoms. The molecule has 1 aliphatic heterocycles. The number of benzene rings is 1. The van der Waals surface area contributed by atoms with Crippen LogP contribution in [-0.4, -0.2) is 58.5 Å². The zero-order chi connectivity index (χ0) is 17.9. The van der Waals surface area contributed by atoms with Gasteiger partial charge in [-0.2, -0.15) is 0 Å². The number of aromatic hydroxyl groups is 1. The molecule has 2 heterocycles. The summed E-state index contributed by atoms with van der Waals surface area (Å²) in [6.07, 6.45) is 6.18. The van der Waals surface area contributed by atoms with Gasteiger partial charge >= 0.3 is 0 Å². The minimum absolute atomic E-state index is 0.126. The number of rotatable bonds is 4. The van der Waals surface area contributed by atoms with Crippen LogP contribution >= 0.6 is 0 Å². The lowest BCUT2D eigenvalue weighted by atomic mass is 9.95. The Morgan fingerprint density at radius 2 is 1.73 bits per heavy atom. The average Bonchev–Trinajstić information content (AvgIpc) is 3.15. The predicted octanol–water partition coefficient (Wildman–Crippen LogP) is -0.613. The van der Waals surface area contributed by atoms with Crippen LogP contribution in [0.3, 0.4) is 0 Å².